The third kappa shape index (κ3) is 5.53. The Kier molecular flexibility index (Phi) is 8.77. The highest BCUT2D eigenvalue weighted by Gasteiger charge is 2.81. The van der Waals surface area contributed by atoms with Gasteiger partial charge < -0.3 is 31.3 Å². The molecule has 236 valence electrons. The molecule has 1 spiro atoms. The maximum absolute atomic E-state index is 14.4. The molecule has 4 rings (SSSR count). The van der Waals surface area contributed by atoms with E-state index in [1.165, 1.54) is 0 Å². The summed E-state index contributed by atoms with van der Waals surface area (Å²) in [6.45, 7) is 15.7. The van der Waals surface area contributed by atoms with Gasteiger partial charge in [0.2, 0.25) is 17.6 Å². The summed E-state index contributed by atoms with van der Waals surface area (Å²) in [5.74, 6) is -2.43. The van der Waals surface area contributed by atoms with Crippen LogP contribution in [0.1, 0.15) is 93.4 Å². The Balaban J connectivity index is 1.63. The van der Waals surface area contributed by atoms with Crippen LogP contribution in [0.15, 0.2) is 0 Å². The van der Waals surface area contributed by atoms with Gasteiger partial charge in [0.25, 0.3) is 5.91 Å². The Morgan fingerprint density at radius 3 is 2.17 bits per heavy atom. The molecule has 2 heterocycles. The average molecular weight is 590 g/mol. The van der Waals surface area contributed by atoms with Gasteiger partial charge in [-0.25, -0.2) is 4.79 Å². The molecule has 11 heteroatoms. The number of Topliss-reactive ketones (excluding diaryl/α,β-unsaturated/α-hetero) is 1. The largest absolute Gasteiger partial charge is 0.377 e. The van der Waals surface area contributed by atoms with Gasteiger partial charge in [-0.1, -0.05) is 74.1 Å². The number of amides is 5. The zero-order chi connectivity index (χ0) is 31.3. The Morgan fingerprint density at radius 1 is 1.05 bits per heavy atom. The van der Waals surface area contributed by atoms with E-state index in [9.17, 15) is 24.0 Å². The van der Waals surface area contributed by atoms with E-state index in [1.807, 2.05) is 20.8 Å². The number of likely N-dealkylation sites (tertiary alicyclic amines) is 1. The zero-order valence-corrected chi connectivity index (χ0v) is 26.4. The van der Waals surface area contributed by atoms with E-state index in [-0.39, 0.29) is 34.1 Å². The summed E-state index contributed by atoms with van der Waals surface area (Å²) in [6, 6.07) is -3.33. The maximum Gasteiger partial charge on any atom is 0.315 e. The lowest BCUT2D eigenvalue weighted by Crippen LogP contribution is -2.61. The van der Waals surface area contributed by atoms with Crippen LogP contribution in [0.4, 0.5) is 4.79 Å². The summed E-state index contributed by atoms with van der Waals surface area (Å²) in [4.78, 5) is 67.6. The van der Waals surface area contributed by atoms with Gasteiger partial charge in [-0.05, 0) is 41.4 Å². The topological polar surface area (TPSA) is 160 Å². The lowest BCUT2D eigenvalue weighted by atomic mass is 9.80. The van der Waals surface area contributed by atoms with E-state index in [0.29, 0.717) is 32.6 Å². The number of hydrogen-bond donors (Lipinski definition) is 4. The van der Waals surface area contributed by atoms with Crippen LogP contribution in [0.5, 0.6) is 0 Å². The summed E-state index contributed by atoms with van der Waals surface area (Å²) in [5.41, 5.74) is 4.17. The van der Waals surface area contributed by atoms with Crippen molar-refractivity contribution in [3.8, 4) is 0 Å². The van der Waals surface area contributed by atoms with Crippen molar-refractivity contribution in [2.24, 2.45) is 33.3 Å². The van der Waals surface area contributed by atoms with Gasteiger partial charge in [0, 0.05) is 12.0 Å². The van der Waals surface area contributed by atoms with Gasteiger partial charge in [-0.2, -0.15) is 0 Å². The van der Waals surface area contributed by atoms with E-state index in [4.69, 9.17) is 10.5 Å². The lowest BCUT2D eigenvalue weighted by molar-refractivity contribution is -0.143. The summed E-state index contributed by atoms with van der Waals surface area (Å²) >= 11 is 0. The first-order valence-electron chi connectivity index (χ1n) is 15.6. The summed E-state index contributed by atoms with van der Waals surface area (Å²) in [7, 11) is 0. The molecule has 2 unspecified atom stereocenters. The first-order chi connectivity index (χ1) is 19.5. The molecule has 5 N–H and O–H groups in total. The summed E-state index contributed by atoms with van der Waals surface area (Å²) in [6.07, 6.45) is 5.65. The van der Waals surface area contributed by atoms with Crippen molar-refractivity contribution < 1.29 is 28.7 Å². The van der Waals surface area contributed by atoms with Gasteiger partial charge in [-0.3, -0.25) is 19.2 Å². The molecule has 2 aliphatic carbocycles. The molecular formula is C31H51N5O6. The van der Waals surface area contributed by atoms with Crippen molar-refractivity contribution >= 4 is 29.5 Å². The van der Waals surface area contributed by atoms with Crippen molar-refractivity contribution in [3.05, 3.63) is 0 Å². The Morgan fingerprint density at radius 2 is 1.69 bits per heavy atom. The predicted molar refractivity (Wildman–Crippen MR) is 157 cm³/mol. The van der Waals surface area contributed by atoms with E-state index in [0.717, 1.165) is 32.1 Å². The zero-order valence-electron chi connectivity index (χ0n) is 26.4. The van der Waals surface area contributed by atoms with Gasteiger partial charge in [0.15, 0.2) is 0 Å². The molecule has 0 aromatic carbocycles. The minimum atomic E-state index is -1.07. The van der Waals surface area contributed by atoms with Crippen molar-refractivity contribution in [3.63, 3.8) is 0 Å². The number of ketones is 1. The number of carbonyl (C=O) groups is 5. The maximum atomic E-state index is 14.4. The minimum absolute atomic E-state index is 0.0943. The van der Waals surface area contributed by atoms with E-state index in [2.05, 4.69) is 43.6 Å². The number of nitrogens with two attached hydrogens (primary N) is 1. The van der Waals surface area contributed by atoms with Crippen LogP contribution in [-0.4, -0.2) is 78.4 Å². The van der Waals surface area contributed by atoms with E-state index < -0.39 is 47.2 Å². The van der Waals surface area contributed by atoms with Crippen LogP contribution in [0, 0.1) is 27.6 Å². The monoisotopic (exact) mass is 589 g/mol. The SMILES string of the molecule is CCCC1(C)C(C)(C)[C@]12C[C@@H](C(=O)NC(CC1CCC1)C(=O)C(N)=O)N(C(=O)[C@@H](NC(=O)NC1COC1)C(C)(C)C)C2. The molecule has 2 saturated heterocycles. The Hall–Kier alpha value is -2.69. The fourth-order valence-corrected chi connectivity index (χ4v) is 7.90. The molecule has 0 bridgehead atoms. The number of nitrogens with one attached hydrogen (secondary N) is 3. The number of ether oxygens (including phenoxy) is 1. The summed E-state index contributed by atoms with van der Waals surface area (Å²) < 4.78 is 5.15. The van der Waals surface area contributed by atoms with E-state index in [1.54, 1.807) is 4.90 Å². The van der Waals surface area contributed by atoms with Crippen LogP contribution in [0.3, 0.4) is 0 Å². The van der Waals surface area contributed by atoms with Crippen LogP contribution < -0.4 is 21.7 Å². The highest BCUT2D eigenvalue weighted by molar-refractivity contribution is 6.37. The van der Waals surface area contributed by atoms with Crippen LogP contribution in [0.2, 0.25) is 0 Å². The molecule has 0 aromatic heterocycles. The molecule has 11 nitrogen and oxygen atoms in total. The smallest absolute Gasteiger partial charge is 0.315 e. The Bertz CT molecular complexity index is 1110. The van der Waals surface area contributed by atoms with Gasteiger partial charge in [0.1, 0.15) is 12.1 Å². The first-order valence-corrected chi connectivity index (χ1v) is 15.6. The molecule has 2 aliphatic heterocycles. The highest BCUT2D eigenvalue weighted by atomic mass is 16.5. The molecular weight excluding hydrogens is 538 g/mol. The molecule has 5 amide bonds. The molecule has 2 saturated carbocycles. The van der Waals surface area contributed by atoms with Crippen LogP contribution in [0.25, 0.3) is 0 Å². The van der Waals surface area contributed by atoms with Gasteiger partial charge in [-0.15, -0.1) is 0 Å². The number of urea groups is 1. The molecule has 0 aromatic rings. The van der Waals surface area contributed by atoms with Gasteiger partial charge in [0.05, 0.1) is 25.3 Å². The standard InChI is InChI=1S/C31H51N5O6/c1-8-12-30(7)29(5,6)31(30)14-21(25(39)34-20(22(37)24(32)38)13-18-10-9-11-18)36(17-31)26(40)23(28(2,3)4)35-27(41)33-19-15-42-16-19/h18-21,23H,8-17H2,1-7H3,(H2,32,38)(H,34,39)(H2,33,35,41)/t20?,21-,23+,30?,31+/m0/s1. The normalized spacial score (nSPS) is 30.1. The van der Waals surface area contributed by atoms with Crippen molar-refractivity contribution in [1.29, 1.82) is 0 Å². The third-order valence-electron chi connectivity index (χ3n) is 11.3. The highest BCUT2D eigenvalue weighted by Crippen LogP contribution is 2.83. The number of carbonyl (C=O) groups excluding carboxylic acids is 5. The molecule has 4 fully saturated rings. The minimum Gasteiger partial charge on any atom is -0.377 e. The second-order valence-corrected chi connectivity index (χ2v) is 14.9. The summed E-state index contributed by atoms with van der Waals surface area (Å²) in [5, 5.41) is 8.56. The quantitative estimate of drug-likeness (QED) is 0.271. The molecule has 0 radical (unpaired) electrons. The molecule has 5 atom stereocenters. The van der Waals surface area contributed by atoms with Crippen molar-refractivity contribution in [1.82, 2.24) is 20.9 Å². The van der Waals surface area contributed by atoms with Gasteiger partial charge >= 0.3 is 6.03 Å². The predicted octanol–water partition coefficient (Wildman–Crippen LogP) is 2.26. The average Bonchev–Trinajstić information content (AvgIpc) is 3.14. The third-order valence-corrected chi connectivity index (χ3v) is 11.3. The Labute approximate surface area is 249 Å². The lowest BCUT2D eigenvalue weighted by Gasteiger charge is -2.36. The first kappa shape index (κ1) is 32.2. The van der Waals surface area contributed by atoms with Crippen molar-refractivity contribution in [2.75, 3.05) is 19.8 Å². The second kappa shape index (κ2) is 11.4. The number of nitrogens with zero attached hydrogens (tertiary/aromatic N) is 1. The fourth-order valence-electron chi connectivity index (χ4n) is 7.90. The molecule has 4 aliphatic rings. The van der Waals surface area contributed by atoms with Crippen LogP contribution in [-0.2, 0) is 23.9 Å². The number of primary amides is 1. The van der Waals surface area contributed by atoms with E-state index >= 15 is 0 Å². The second-order valence-electron chi connectivity index (χ2n) is 14.9. The fraction of sp³-hybridized carbons (Fsp3) is 0.839. The number of hydrogen-bond acceptors (Lipinski definition) is 6. The number of rotatable bonds is 11. The van der Waals surface area contributed by atoms with Crippen LogP contribution >= 0.6 is 0 Å². The van der Waals surface area contributed by atoms with Crippen molar-refractivity contribution in [2.45, 2.75) is 118 Å². The molecule has 42 heavy (non-hydrogen) atoms.